The van der Waals surface area contributed by atoms with Crippen LogP contribution in [0.2, 0.25) is 0 Å². The maximum absolute atomic E-state index is 13.9. The number of halogens is 1. The Bertz CT molecular complexity index is 544. The zero-order valence-corrected chi connectivity index (χ0v) is 10.6. The number of aliphatic hydroxyl groups excluding tert-OH is 1. The smallest absolute Gasteiger partial charge is 0.339 e. The van der Waals surface area contributed by atoms with Gasteiger partial charge in [-0.25, -0.2) is 9.18 Å². The van der Waals surface area contributed by atoms with Crippen molar-refractivity contribution in [1.82, 2.24) is 0 Å². The molecule has 0 fully saturated rings. The topological polar surface area (TPSA) is 66.8 Å². The van der Waals surface area contributed by atoms with Crippen molar-refractivity contribution in [3.63, 3.8) is 0 Å². The van der Waals surface area contributed by atoms with Crippen LogP contribution in [-0.4, -0.2) is 30.6 Å². The Kier molecular flexibility index (Phi) is 3.53. The molecule has 0 aliphatic carbocycles. The number of likely N-dealkylation sites (N-methyl/N-ethyl adjacent to an activating group) is 1. The maximum Gasteiger partial charge on any atom is 0.339 e. The minimum atomic E-state index is -1.54. The molecular formula is C13H14FNO4. The number of fused-ring (bicyclic) bond motifs is 1. The van der Waals surface area contributed by atoms with E-state index in [2.05, 4.69) is 4.74 Å². The summed E-state index contributed by atoms with van der Waals surface area (Å²) in [4.78, 5) is 24.1. The van der Waals surface area contributed by atoms with Gasteiger partial charge in [-0.2, -0.15) is 0 Å². The normalized spacial score (nSPS) is 15.4. The fraction of sp³-hybridized carbons (Fsp3) is 0.385. The van der Waals surface area contributed by atoms with Crippen molar-refractivity contribution in [3.8, 4) is 0 Å². The number of anilines is 1. The van der Waals surface area contributed by atoms with E-state index in [0.29, 0.717) is 5.56 Å². The lowest BCUT2D eigenvalue weighted by Crippen LogP contribution is -2.21. The number of hydrogen-bond donors (Lipinski definition) is 1. The summed E-state index contributed by atoms with van der Waals surface area (Å²) in [6.45, 7) is 1.74. The molecule has 0 aromatic heterocycles. The Morgan fingerprint density at radius 3 is 2.89 bits per heavy atom. The molecule has 0 bridgehead atoms. The van der Waals surface area contributed by atoms with E-state index in [1.165, 1.54) is 18.0 Å². The number of ether oxygens (including phenoxy) is 1. The Labute approximate surface area is 109 Å². The number of aliphatic hydroxyl groups is 1. The first-order valence-electron chi connectivity index (χ1n) is 5.89. The average molecular weight is 267 g/mol. The van der Waals surface area contributed by atoms with Crippen LogP contribution in [0.25, 0.3) is 0 Å². The number of benzene rings is 1. The summed E-state index contributed by atoms with van der Waals surface area (Å²) in [5.74, 6) is -1.69. The Morgan fingerprint density at radius 1 is 1.58 bits per heavy atom. The van der Waals surface area contributed by atoms with Gasteiger partial charge in [-0.05, 0) is 30.2 Å². The molecule has 2 rings (SSSR count). The van der Waals surface area contributed by atoms with Crippen molar-refractivity contribution in [2.24, 2.45) is 0 Å². The second kappa shape index (κ2) is 4.97. The lowest BCUT2D eigenvalue weighted by Gasteiger charge is -2.14. The van der Waals surface area contributed by atoms with E-state index < -0.39 is 17.9 Å². The third-order valence-electron chi connectivity index (χ3n) is 3.04. The van der Waals surface area contributed by atoms with Crippen LogP contribution in [0, 0.1) is 5.82 Å². The third kappa shape index (κ3) is 2.31. The monoisotopic (exact) mass is 267 g/mol. The number of amides is 1. The highest BCUT2D eigenvalue weighted by molar-refractivity contribution is 6.01. The van der Waals surface area contributed by atoms with Gasteiger partial charge in [0.25, 0.3) is 0 Å². The number of nitrogens with zero attached hydrogens (tertiary/aromatic N) is 1. The highest BCUT2D eigenvalue weighted by Crippen LogP contribution is 2.33. The highest BCUT2D eigenvalue weighted by Gasteiger charge is 2.30. The molecule has 102 valence electrons. The summed E-state index contributed by atoms with van der Waals surface area (Å²) in [6.07, 6.45) is -1.48. The van der Waals surface area contributed by atoms with Crippen molar-refractivity contribution in [1.29, 1.82) is 0 Å². The number of hydrogen-bond acceptors (Lipinski definition) is 4. The van der Waals surface area contributed by atoms with Crippen molar-refractivity contribution in [2.45, 2.75) is 19.4 Å². The molecular weight excluding hydrogens is 253 g/mol. The van der Waals surface area contributed by atoms with Gasteiger partial charge in [-0.3, -0.25) is 4.79 Å². The average Bonchev–Trinajstić information content (AvgIpc) is 2.64. The van der Waals surface area contributed by atoms with Crippen LogP contribution < -0.4 is 4.90 Å². The van der Waals surface area contributed by atoms with Crippen LogP contribution in [0.4, 0.5) is 10.1 Å². The minimum absolute atomic E-state index is 0.0616. The summed E-state index contributed by atoms with van der Waals surface area (Å²) < 4.78 is 18.6. The molecule has 1 aromatic rings. The molecule has 1 aliphatic rings. The second-order valence-corrected chi connectivity index (χ2v) is 4.29. The number of carbonyl (C=O) groups excluding carboxylic acids is 2. The fourth-order valence-corrected chi connectivity index (χ4v) is 2.11. The van der Waals surface area contributed by atoms with Gasteiger partial charge in [-0.15, -0.1) is 0 Å². The molecule has 6 heteroatoms. The van der Waals surface area contributed by atoms with Gasteiger partial charge < -0.3 is 14.7 Å². The van der Waals surface area contributed by atoms with Gasteiger partial charge in [0.05, 0.1) is 18.7 Å². The van der Waals surface area contributed by atoms with Crippen molar-refractivity contribution < 1.29 is 23.8 Å². The van der Waals surface area contributed by atoms with E-state index in [-0.39, 0.29) is 30.2 Å². The molecule has 1 aromatic carbocycles. The van der Waals surface area contributed by atoms with Gasteiger partial charge in [0, 0.05) is 7.05 Å². The van der Waals surface area contributed by atoms with E-state index >= 15 is 0 Å². The number of rotatable bonds is 3. The predicted molar refractivity (Wildman–Crippen MR) is 65.1 cm³/mol. The van der Waals surface area contributed by atoms with E-state index in [9.17, 15) is 19.1 Å². The molecule has 1 unspecified atom stereocenters. The predicted octanol–water partition coefficient (Wildman–Crippen LogP) is 0.941. The standard InChI is InChI=1S/C13H14FNO4/c1-3-19-13(18)12(17)8-4-7-6-10(16)15(2)11(7)9(14)5-8/h4-5,12,17H,3,6H2,1-2H3. The zero-order chi connectivity index (χ0) is 14.2. The minimum Gasteiger partial charge on any atom is -0.464 e. The molecule has 1 N–H and O–H groups in total. The second-order valence-electron chi connectivity index (χ2n) is 4.29. The number of carbonyl (C=O) groups is 2. The summed E-state index contributed by atoms with van der Waals surface area (Å²) in [7, 11) is 1.48. The molecule has 1 aliphatic heterocycles. The van der Waals surface area contributed by atoms with Crippen LogP contribution in [0.5, 0.6) is 0 Å². The Hall–Kier alpha value is -1.95. The molecule has 1 atom stereocenters. The molecule has 0 radical (unpaired) electrons. The largest absolute Gasteiger partial charge is 0.464 e. The maximum atomic E-state index is 13.9. The van der Waals surface area contributed by atoms with Crippen LogP contribution in [-0.2, 0) is 20.7 Å². The molecule has 1 amide bonds. The summed E-state index contributed by atoms with van der Waals surface area (Å²) in [5, 5.41) is 9.77. The van der Waals surface area contributed by atoms with Gasteiger partial charge in [0.15, 0.2) is 6.10 Å². The molecule has 0 saturated heterocycles. The summed E-state index contributed by atoms with van der Waals surface area (Å²) in [5.41, 5.74) is 0.758. The van der Waals surface area contributed by atoms with Gasteiger partial charge >= 0.3 is 5.97 Å². The fourth-order valence-electron chi connectivity index (χ4n) is 2.11. The van der Waals surface area contributed by atoms with Crippen molar-refractivity contribution in [3.05, 3.63) is 29.1 Å². The highest BCUT2D eigenvalue weighted by atomic mass is 19.1. The first-order chi connectivity index (χ1) is 8.95. The zero-order valence-electron chi connectivity index (χ0n) is 10.6. The molecule has 1 heterocycles. The third-order valence-corrected chi connectivity index (χ3v) is 3.04. The van der Waals surface area contributed by atoms with Crippen molar-refractivity contribution >= 4 is 17.6 Å². The lowest BCUT2D eigenvalue weighted by molar-refractivity contribution is -0.153. The molecule has 0 saturated carbocycles. The van der Waals surface area contributed by atoms with E-state index in [1.807, 2.05) is 0 Å². The van der Waals surface area contributed by atoms with Gasteiger partial charge in [0.2, 0.25) is 5.91 Å². The lowest BCUT2D eigenvalue weighted by atomic mass is 10.0. The Morgan fingerprint density at radius 2 is 2.26 bits per heavy atom. The Balaban J connectivity index is 2.36. The molecule has 0 spiro atoms. The van der Waals surface area contributed by atoms with Crippen LogP contribution in [0.15, 0.2) is 12.1 Å². The molecule has 19 heavy (non-hydrogen) atoms. The first kappa shape index (κ1) is 13.5. The SMILES string of the molecule is CCOC(=O)C(O)c1cc(F)c2c(c1)CC(=O)N2C. The summed E-state index contributed by atoms with van der Waals surface area (Å²) >= 11 is 0. The van der Waals surface area contributed by atoms with Gasteiger partial charge in [0.1, 0.15) is 5.82 Å². The van der Waals surface area contributed by atoms with Gasteiger partial charge in [-0.1, -0.05) is 0 Å². The summed E-state index contributed by atoms with van der Waals surface area (Å²) in [6, 6.07) is 2.51. The quantitative estimate of drug-likeness (QED) is 0.828. The van der Waals surface area contributed by atoms with Crippen LogP contribution >= 0.6 is 0 Å². The van der Waals surface area contributed by atoms with E-state index in [4.69, 9.17) is 0 Å². The van der Waals surface area contributed by atoms with E-state index in [0.717, 1.165) is 6.07 Å². The van der Waals surface area contributed by atoms with Crippen LogP contribution in [0.1, 0.15) is 24.2 Å². The number of esters is 1. The van der Waals surface area contributed by atoms with Crippen molar-refractivity contribution in [2.75, 3.05) is 18.6 Å². The van der Waals surface area contributed by atoms with E-state index in [1.54, 1.807) is 6.92 Å². The molecule has 5 nitrogen and oxygen atoms in total. The first-order valence-corrected chi connectivity index (χ1v) is 5.89. The van der Waals surface area contributed by atoms with Crippen LogP contribution in [0.3, 0.4) is 0 Å².